The summed E-state index contributed by atoms with van der Waals surface area (Å²) in [6.07, 6.45) is 10.2. The maximum absolute atomic E-state index is 12.4. The van der Waals surface area contributed by atoms with Crippen molar-refractivity contribution in [2.45, 2.75) is 44.9 Å². The first-order chi connectivity index (χ1) is 13.7. The zero-order chi connectivity index (χ0) is 19.8. The van der Waals surface area contributed by atoms with Crippen LogP contribution in [0.15, 0.2) is 60.7 Å². The van der Waals surface area contributed by atoms with E-state index in [1.807, 2.05) is 36.4 Å². The van der Waals surface area contributed by atoms with Crippen LogP contribution in [0.5, 0.6) is 5.75 Å². The van der Waals surface area contributed by atoms with Gasteiger partial charge in [-0.3, -0.25) is 0 Å². The van der Waals surface area contributed by atoms with Gasteiger partial charge in [0.2, 0.25) is 0 Å². The van der Waals surface area contributed by atoms with E-state index in [9.17, 15) is 4.79 Å². The van der Waals surface area contributed by atoms with Crippen LogP contribution in [0.3, 0.4) is 0 Å². The number of methoxy groups -OCH3 is 1. The number of carbonyl (C=O) groups is 1. The Kier molecular flexibility index (Phi) is 7.44. The highest BCUT2D eigenvalue weighted by Crippen LogP contribution is 2.36. The van der Waals surface area contributed by atoms with Gasteiger partial charge in [-0.1, -0.05) is 43.3 Å². The molecule has 0 heterocycles. The summed E-state index contributed by atoms with van der Waals surface area (Å²) in [6, 6.07) is 15.6. The molecule has 0 N–H and O–H groups in total. The number of aryl methyl sites for hydroxylation is 1. The largest absolute Gasteiger partial charge is 0.423 e. The summed E-state index contributed by atoms with van der Waals surface area (Å²) in [4.78, 5) is 12.4. The highest BCUT2D eigenvalue weighted by atomic mass is 16.5. The van der Waals surface area contributed by atoms with Crippen molar-refractivity contribution in [3.63, 3.8) is 0 Å². The number of rotatable bonds is 7. The molecule has 0 bridgehead atoms. The molecule has 0 aliphatic heterocycles. The van der Waals surface area contributed by atoms with E-state index < -0.39 is 0 Å². The molecule has 1 aliphatic carbocycles. The second kappa shape index (κ2) is 10.2. The average Bonchev–Trinajstić information content (AvgIpc) is 2.75. The molecule has 0 atom stereocenters. The molecular formula is C25H30O3. The van der Waals surface area contributed by atoms with Gasteiger partial charge in [0.05, 0.1) is 12.2 Å². The van der Waals surface area contributed by atoms with Gasteiger partial charge in [0.25, 0.3) is 0 Å². The fraction of sp³-hybridized carbons (Fsp3) is 0.400. The molecule has 0 amide bonds. The third kappa shape index (κ3) is 5.56. The Balaban J connectivity index is 1.53. The Labute approximate surface area is 168 Å². The molecule has 2 aromatic rings. The van der Waals surface area contributed by atoms with Gasteiger partial charge in [-0.15, -0.1) is 0 Å². The van der Waals surface area contributed by atoms with Crippen LogP contribution in [0.1, 0.15) is 60.0 Å². The van der Waals surface area contributed by atoms with E-state index in [-0.39, 0.29) is 5.97 Å². The lowest BCUT2D eigenvalue weighted by Gasteiger charge is -2.27. The van der Waals surface area contributed by atoms with Gasteiger partial charge in [-0.05, 0) is 79.3 Å². The Morgan fingerprint density at radius 3 is 2.29 bits per heavy atom. The number of esters is 1. The lowest BCUT2D eigenvalue weighted by Crippen LogP contribution is -2.13. The molecule has 0 radical (unpaired) electrons. The maximum Gasteiger partial charge on any atom is 0.343 e. The minimum atomic E-state index is -0.303. The number of ether oxygens (including phenoxy) is 2. The van der Waals surface area contributed by atoms with Gasteiger partial charge in [0, 0.05) is 7.11 Å². The van der Waals surface area contributed by atoms with Gasteiger partial charge in [0.1, 0.15) is 5.75 Å². The first-order valence-corrected chi connectivity index (χ1v) is 10.3. The summed E-state index contributed by atoms with van der Waals surface area (Å²) in [7, 11) is 1.72. The fourth-order valence-electron chi connectivity index (χ4n) is 3.84. The van der Waals surface area contributed by atoms with Gasteiger partial charge in [-0.25, -0.2) is 4.79 Å². The topological polar surface area (TPSA) is 35.5 Å². The fourth-order valence-corrected chi connectivity index (χ4v) is 3.84. The highest BCUT2D eigenvalue weighted by molar-refractivity contribution is 5.91. The number of allylic oxidation sites excluding steroid dienone is 1. The SMILES string of the molecule is CCc1ccc(OC(=O)c2ccc([C@H]3CC[C@H](/C=C/COC)CC3)cc2)cc1. The molecule has 1 aliphatic rings. The van der Waals surface area contributed by atoms with Crippen molar-refractivity contribution in [1.82, 2.24) is 0 Å². The van der Waals surface area contributed by atoms with Crippen molar-refractivity contribution in [2.75, 3.05) is 13.7 Å². The summed E-state index contributed by atoms with van der Waals surface area (Å²) in [6.45, 7) is 2.80. The molecule has 3 nitrogen and oxygen atoms in total. The van der Waals surface area contributed by atoms with Crippen LogP contribution in [-0.4, -0.2) is 19.7 Å². The predicted octanol–water partition coefficient (Wildman–Crippen LogP) is 5.94. The highest BCUT2D eigenvalue weighted by Gasteiger charge is 2.21. The van der Waals surface area contributed by atoms with Crippen molar-refractivity contribution >= 4 is 5.97 Å². The third-order valence-electron chi connectivity index (χ3n) is 5.60. The zero-order valence-electron chi connectivity index (χ0n) is 16.9. The van der Waals surface area contributed by atoms with E-state index in [0.717, 1.165) is 6.42 Å². The molecule has 2 aromatic carbocycles. The first kappa shape index (κ1) is 20.3. The van der Waals surface area contributed by atoms with E-state index in [0.29, 0.717) is 29.8 Å². The predicted molar refractivity (Wildman–Crippen MR) is 113 cm³/mol. The van der Waals surface area contributed by atoms with Crippen LogP contribution >= 0.6 is 0 Å². The third-order valence-corrected chi connectivity index (χ3v) is 5.60. The second-order valence-corrected chi connectivity index (χ2v) is 7.50. The van der Waals surface area contributed by atoms with Gasteiger partial charge < -0.3 is 9.47 Å². The van der Waals surface area contributed by atoms with Crippen molar-refractivity contribution < 1.29 is 14.3 Å². The van der Waals surface area contributed by atoms with Crippen molar-refractivity contribution in [1.29, 1.82) is 0 Å². The van der Waals surface area contributed by atoms with Crippen LogP contribution in [-0.2, 0) is 11.2 Å². The van der Waals surface area contributed by atoms with Crippen LogP contribution in [0.25, 0.3) is 0 Å². The summed E-state index contributed by atoms with van der Waals surface area (Å²) >= 11 is 0. The molecule has 0 unspecified atom stereocenters. The molecule has 0 spiro atoms. The molecule has 1 fully saturated rings. The number of hydrogen-bond acceptors (Lipinski definition) is 3. The van der Waals surface area contributed by atoms with Gasteiger partial charge >= 0.3 is 5.97 Å². The van der Waals surface area contributed by atoms with E-state index in [1.54, 1.807) is 7.11 Å². The second-order valence-electron chi connectivity index (χ2n) is 7.50. The van der Waals surface area contributed by atoms with Crippen molar-refractivity contribution in [3.8, 4) is 5.75 Å². The minimum Gasteiger partial charge on any atom is -0.423 e. The molecule has 1 saturated carbocycles. The Bertz CT molecular complexity index is 766. The normalized spacial score (nSPS) is 19.6. The van der Waals surface area contributed by atoms with Crippen molar-refractivity contribution in [2.24, 2.45) is 5.92 Å². The molecule has 3 heteroatoms. The number of carbonyl (C=O) groups excluding carboxylic acids is 1. The van der Waals surface area contributed by atoms with Gasteiger partial charge in [0.15, 0.2) is 0 Å². The summed E-state index contributed by atoms with van der Waals surface area (Å²) in [5, 5.41) is 0. The van der Waals surface area contributed by atoms with Crippen LogP contribution < -0.4 is 4.74 Å². The Morgan fingerprint density at radius 2 is 1.68 bits per heavy atom. The lowest BCUT2D eigenvalue weighted by molar-refractivity contribution is 0.0734. The quantitative estimate of drug-likeness (QED) is 0.339. The minimum absolute atomic E-state index is 0.303. The standard InChI is InChI=1S/C25H30O3/c1-3-19-8-16-24(17-9-19)28-25(26)23-14-12-22(13-15-23)21-10-6-20(7-11-21)5-4-18-27-2/h4-5,8-9,12-17,20-21H,3,6-7,10-11,18H2,1-2H3/b5-4+/t20-,21-. The van der Waals surface area contributed by atoms with E-state index >= 15 is 0 Å². The van der Waals surface area contributed by atoms with E-state index in [2.05, 4.69) is 31.2 Å². The monoisotopic (exact) mass is 378 g/mol. The van der Waals surface area contributed by atoms with Crippen molar-refractivity contribution in [3.05, 3.63) is 77.4 Å². The van der Waals surface area contributed by atoms with E-state index in [1.165, 1.54) is 36.8 Å². The summed E-state index contributed by atoms with van der Waals surface area (Å²) in [5.41, 5.74) is 3.15. The lowest BCUT2D eigenvalue weighted by atomic mass is 9.78. The zero-order valence-corrected chi connectivity index (χ0v) is 16.9. The van der Waals surface area contributed by atoms with Crippen LogP contribution in [0, 0.1) is 5.92 Å². The van der Waals surface area contributed by atoms with Crippen LogP contribution in [0.4, 0.5) is 0 Å². The smallest absolute Gasteiger partial charge is 0.343 e. The molecule has 148 valence electrons. The molecule has 3 rings (SSSR count). The van der Waals surface area contributed by atoms with Gasteiger partial charge in [-0.2, -0.15) is 0 Å². The molecule has 0 saturated heterocycles. The first-order valence-electron chi connectivity index (χ1n) is 10.3. The molecule has 0 aromatic heterocycles. The average molecular weight is 379 g/mol. The maximum atomic E-state index is 12.4. The Morgan fingerprint density at radius 1 is 1.00 bits per heavy atom. The number of hydrogen-bond donors (Lipinski definition) is 0. The number of benzene rings is 2. The van der Waals surface area contributed by atoms with Crippen LogP contribution in [0.2, 0.25) is 0 Å². The summed E-state index contributed by atoms with van der Waals surface area (Å²) in [5.74, 6) is 1.53. The molecule has 28 heavy (non-hydrogen) atoms. The Hall–Kier alpha value is -2.39. The summed E-state index contributed by atoms with van der Waals surface area (Å²) < 4.78 is 10.6. The van der Waals surface area contributed by atoms with E-state index in [4.69, 9.17) is 9.47 Å². The molecular weight excluding hydrogens is 348 g/mol.